The first-order chi connectivity index (χ1) is 9.10. The molecule has 0 saturated carbocycles. The van der Waals surface area contributed by atoms with Gasteiger partial charge in [-0.2, -0.15) is 0 Å². The van der Waals surface area contributed by atoms with Crippen LogP contribution in [0.2, 0.25) is 0 Å². The summed E-state index contributed by atoms with van der Waals surface area (Å²) in [7, 11) is 0. The van der Waals surface area contributed by atoms with Crippen LogP contribution < -0.4 is 5.32 Å². The van der Waals surface area contributed by atoms with Crippen LogP contribution in [0.1, 0.15) is 53.7 Å². The van der Waals surface area contributed by atoms with E-state index in [1.165, 1.54) is 20.9 Å². The van der Waals surface area contributed by atoms with Gasteiger partial charge in [0.2, 0.25) is 0 Å². The van der Waals surface area contributed by atoms with Crippen molar-refractivity contribution in [2.24, 2.45) is 0 Å². The lowest BCUT2D eigenvalue weighted by Crippen LogP contribution is -2.21. The third-order valence-corrected chi connectivity index (χ3v) is 4.95. The van der Waals surface area contributed by atoms with Gasteiger partial charge in [-0.3, -0.25) is 0 Å². The highest BCUT2D eigenvalue weighted by atomic mass is 32.1. The molecular weight excluding hydrogens is 250 g/mol. The first kappa shape index (κ1) is 14.3. The van der Waals surface area contributed by atoms with Crippen LogP contribution in [0.3, 0.4) is 0 Å². The van der Waals surface area contributed by atoms with Crippen LogP contribution in [-0.4, -0.2) is 0 Å². The number of hydrogen-bond donors (Lipinski definition) is 1. The van der Waals surface area contributed by atoms with Crippen LogP contribution in [0.4, 0.5) is 0 Å². The largest absolute Gasteiger partial charge is 0.303 e. The van der Waals surface area contributed by atoms with Gasteiger partial charge in [-0.05, 0) is 44.9 Å². The molecule has 2 aromatic rings. The van der Waals surface area contributed by atoms with E-state index in [1.54, 1.807) is 0 Å². The SMILES string of the molecule is CCc1ccc(C(C)N[C@H](C)c2ccc(C)cc2)s1. The van der Waals surface area contributed by atoms with E-state index in [4.69, 9.17) is 0 Å². The minimum Gasteiger partial charge on any atom is -0.303 e. The van der Waals surface area contributed by atoms with E-state index in [0.29, 0.717) is 12.1 Å². The molecule has 2 atom stereocenters. The second-order valence-corrected chi connectivity index (χ2v) is 6.38. The molecule has 0 aliphatic carbocycles. The number of aryl methyl sites for hydroxylation is 2. The van der Waals surface area contributed by atoms with Crippen molar-refractivity contribution in [3.05, 3.63) is 57.3 Å². The topological polar surface area (TPSA) is 12.0 Å². The Bertz CT molecular complexity index is 512. The Morgan fingerprint density at radius 1 is 1.00 bits per heavy atom. The van der Waals surface area contributed by atoms with Crippen LogP contribution in [0, 0.1) is 6.92 Å². The standard InChI is InChI=1S/C17H23NS/c1-5-16-10-11-17(19-16)14(4)18-13(3)15-8-6-12(2)7-9-15/h6-11,13-14,18H,5H2,1-4H3/t13-,14?/m1/s1. The molecule has 0 radical (unpaired) electrons. The van der Waals surface area contributed by atoms with Crippen molar-refractivity contribution in [3.8, 4) is 0 Å². The van der Waals surface area contributed by atoms with Crippen molar-refractivity contribution in [2.45, 2.75) is 46.2 Å². The molecule has 2 rings (SSSR count). The second kappa shape index (κ2) is 6.36. The van der Waals surface area contributed by atoms with Crippen LogP contribution in [-0.2, 0) is 6.42 Å². The zero-order chi connectivity index (χ0) is 13.8. The molecule has 0 spiro atoms. The fourth-order valence-electron chi connectivity index (χ4n) is 2.23. The smallest absolute Gasteiger partial charge is 0.0391 e. The summed E-state index contributed by atoms with van der Waals surface area (Å²) in [5.41, 5.74) is 2.67. The molecule has 1 N–H and O–H groups in total. The Hall–Kier alpha value is -1.12. The summed E-state index contributed by atoms with van der Waals surface area (Å²) >= 11 is 1.92. The first-order valence-corrected chi connectivity index (χ1v) is 7.83. The Morgan fingerprint density at radius 2 is 1.68 bits per heavy atom. The summed E-state index contributed by atoms with van der Waals surface area (Å²) in [5, 5.41) is 3.68. The lowest BCUT2D eigenvalue weighted by Gasteiger charge is -2.19. The predicted molar refractivity (Wildman–Crippen MR) is 84.8 cm³/mol. The van der Waals surface area contributed by atoms with Crippen molar-refractivity contribution < 1.29 is 0 Å². The van der Waals surface area contributed by atoms with Crippen molar-refractivity contribution in [3.63, 3.8) is 0 Å². The van der Waals surface area contributed by atoms with Gasteiger partial charge in [0.05, 0.1) is 0 Å². The fourth-order valence-corrected chi connectivity index (χ4v) is 3.19. The minimum absolute atomic E-state index is 0.378. The molecule has 0 aliphatic rings. The average Bonchev–Trinajstić information content (AvgIpc) is 2.88. The zero-order valence-electron chi connectivity index (χ0n) is 12.2. The van der Waals surface area contributed by atoms with E-state index in [2.05, 4.69) is 69.4 Å². The maximum absolute atomic E-state index is 3.68. The monoisotopic (exact) mass is 273 g/mol. The van der Waals surface area contributed by atoms with Gasteiger partial charge >= 0.3 is 0 Å². The van der Waals surface area contributed by atoms with Crippen LogP contribution >= 0.6 is 11.3 Å². The molecule has 1 nitrogen and oxygen atoms in total. The Kier molecular flexibility index (Phi) is 4.78. The highest BCUT2D eigenvalue weighted by Gasteiger charge is 2.12. The Morgan fingerprint density at radius 3 is 2.26 bits per heavy atom. The van der Waals surface area contributed by atoms with Crippen LogP contribution in [0.5, 0.6) is 0 Å². The average molecular weight is 273 g/mol. The van der Waals surface area contributed by atoms with Gasteiger partial charge in [-0.15, -0.1) is 11.3 Å². The van der Waals surface area contributed by atoms with Crippen molar-refractivity contribution in [1.82, 2.24) is 5.32 Å². The third kappa shape index (κ3) is 3.68. The molecule has 1 unspecified atom stereocenters. The zero-order valence-corrected chi connectivity index (χ0v) is 13.1. The molecule has 1 aromatic heterocycles. The lowest BCUT2D eigenvalue weighted by atomic mass is 10.1. The van der Waals surface area contributed by atoms with Crippen molar-refractivity contribution in [1.29, 1.82) is 0 Å². The molecule has 19 heavy (non-hydrogen) atoms. The highest BCUT2D eigenvalue weighted by molar-refractivity contribution is 7.12. The number of nitrogens with one attached hydrogen (secondary N) is 1. The van der Waals surface area contributed by atoms with Gasteiger partial charge in [-0.25, -0.2) is 0 Å². The molecule has 1 aromatic carbocycles. The lowest BCUT2D eigenvalue weighted by molar-refractivity contribution is 0.500. The molecule has 0 fully saturated rings. The van der Waals surface area contributed by atoms with E-state index in [9.17, 15) is 0 Å². The number of thiophene rings is 1. The van der Waals surface area contributed by atoms with E-state index < -0.39 is 0 Å². The maximum atomic E-state index is 3.68. The van der Waals surface area contributed by atoms with E-state index in [1.807, 2.05) is 11.3 Å². The fraction of sp³-hybridized carbons (Fsp3) is 0.412. The quantitative estimate of drug-likeness (QED) is 0.805. The summed E-state index contributed by atoms with van der Waals surface area (Å²) in [6.45, 7) is 8.82. The van der Waals surface area contributed by atoms with E-state index >= 15 is 0 Å². The summed E-state index contributed by atoms with van der Waals surface area (Å²) in [6.07, 6.45) is 1.13. The van der Waals surface area contributed by atoms with E-state index in [0.717, 1.165) is 6.42 Å². The third-order valence-electron chi connectivity index (χ3n) is 3.54. The summed E-state index contributed by atoms with van der Waals surface area (Å²) in [6, 6.07) is 14.1. The Balaban J connectivity index is 2.01. The molecule has 0 amide bonds. The number of rotatable bonds is 5. The molecule has 2 heteroatoms. The van der Waals surface area contributed by atoms with Crippen LogP contribution in [0.25, 0.3) is 0 Å². The predicted octanol–water partition coefficient (Wildman–Crippen LogP) is 5.03. The van der Waals surface area contributed by atoms with Gasteiger partial charge < -0.3 is 5.32 Å². The Labute approximate surface area is 120 Å². The number of benzene rings is 1. The molecule has 1 heterocycles. The van der Waals surface area contributed by atoms with Gasteiger partial charge in [0.15, 0.2) is 0 Å². The van der Waals surface area contributed by atoms with Gasteiger partial charge in [0, 0.05) is 21.8 Å². The summed E-state index contributed by atoms with van der Waals surface area (Å²) in [5.74, 6) is 0. The van der Waals surface area contributed by atoms with Crippen LogP contribution in [0.15, 0.2) is 36.4 Å². The molecule has 102 valence electrons. The van der Waals surface area contributed by atoms with Crippen molar-refractivity contribution >= 4 is 11.3 Å². The summed E-state index contributed by atoms with van der Waals surface area (Å²) in [4.78, 5) is 2.89. The minimum atomic E-state index is 0.378. The van der Waals surface area contributed by atoms with Crippen molar-refractivity contribution in [2.75, 3.05) is 0 Å². The van der Waals surface area contributed by atoms with Gasteiger partial charge in [-0.1, -0.05) is 36.8 Å². The highest BCUT2D eigenvalue weighted by Crippen LogP contribution is 2.26. The molecular formula is C17H23NS. The van der Waals surface area contributed by atoms with Gasteiger partial charge in [0.1, 0.15) is 0 Å². The molecule has 0 bridgehead atoms. The first-order valence-electron chi connectivity index (χ1n) is 7.01. The van der Waals surface area contributed by atoms with Gasteiger partial charge in [0.25, 0.3) is 0 Å². The summed E-state index contributed by atoms with van der Waals surface area (Å²) < 4.78 is 0. The number of hydrogen-bond acceptors (Lipinski definition) is 2. The molecule has 0 saturated heterocycles. The normalized spacial score (nSPS) is 14.3. The molecule has 0 aliphatic heterocycles. The maximum Gasteiger partial charge on any atom is 0.0391 e. The van der Waals surface area contributed by atoms with E-state index in [-0.39, 0.29) is 0 Å². The second-order valence-electron chi connectivity index (χ2n) is 5.18.